The van der Waals surface area contributed by atoms with E-state index in [1.807, 2.05) is 24.3 Å². The van der Waals surface area contributed by atoms with Gasteiger partial charge in [-0.25, -0.2) is 8.42 Å². The van der Waals surface area contributed by atoms with Crippen molar-refractivity contribution in [3.63, 3.8) is 0 Å². The van der Waals surface area contributed by atoms with Crippen molar-refractivity contribution in [2.75, 3.05) is 12.8 Å². The lowest BCUT2D eigenvalue weighted by Gasteiger charge is -2.19. The monoisotopic (exact) mass is 368 g/mol. The molecule has 2 rings (SSSR count). The van der Waals surface area contributed by atoms with Gasteiger partial charge in [0.2, 0.25) is 10.0 Å². The van der Waals surface area contributed by atoms with Crippen LogP contribution in [0.15, 0.2) is 51.8 Å². The van der Waals surface area contributed by atoms with Crippen LogP contribution >= 0.6 is 15.9 Å². The third-order valence-corrected chi connectivity index (χ3v) is 5.64. The molecule has 0 spiro atoms. The van der Waals surface area contributed by atoms with Crippen LogP contribution in [0, 0.1) is 6.92 Å². The average Bonchev–Trinajstić information content (AvgIpc) is 2.38. The number of sulfonamides is 1. The van der Waals surface area contributed by atoms with Crippen LogP contribution < -0.4 is 5.73 Å². The highest BCUT2D eigenvalue weighted by molar-refractivity contribution is 9.10. The number of nitrogen functional groups attached to an aromatic ring is 1. The third kappa shape index (κ3) is 3.64. The zero-order chi connectivity index (χ0) is 15.6. The Bertz CT molecular complexity index is 760. The third-order valence-electron chi connectivity index (χ3n) is 3.18. The van der Waals surface area contributed by atoms with Crippen LogP contribution in [0.1, 0.15) is 11.1 Å². The van der Waals surface area contributed by atoms with Crippen molar-refractivity contribution >= 4 is 31.6 Å². The summed E-state index contributed by atoms with van der Waals surface area (Å²) in [6, 6.07) is 12.4. The fraction of sp³-hybridized carbons (Fsp3) is 0.200. The molecule has 2 N–H and O–H groups in total. The molecule has 4 nitrogen and oxygen atoms in total. The number of hydrogen-bond donors (Lipinski definition) is 1. The van der Waals surface area contributed by atoms with Crippen molar-refractivity contribution < 1.29 is 8.42 Å². The minimum absolute atomic E-state index is 0.286. The first-order chi connectivity index (χ1) is 9.80. The maximum absolute atomic E-state index is 12.6. The normalized spacial score (nSPS) is 11.8. The highest BCUT2D eigenvalue weighted by Gasteiger charge is 2.22. The topological polar surface area (TPSA) is 63.4 Å². The van der Waals surface area contributed by atoms with Gasteiger partial charge in [-0.1, -0.05) is 28.1 Å². The van der Waals surface area contributed by atoms with Crippen molar-refractivity contribution in [1.82, 2.24) is 4.31 Å². The first kappa shape index (κ1) is 16.0. The van der Waals surface area contributed by atoms with Gasteiger partial charge in [-0.15, -0.1) is 0 Å². The van der Waals surface area contributed by atoms with E-state index in [1.165, 1.54) is 4.31 Å². The van der Waals surface area contributed by atoms with Crippen molar-refractivity contribution in [1.29, 1.82) is 0 Å². The van der Waals surface area contributed by atoms with Gasteiger partial charge >= 0.3 is 0 Å². The number of nitrogens with zero attached hydrogens (tertiary/aromatic N) is 1. The number of benzene rings is 2. The molecule has 2 aromatic rings. The van der Waals surface area contributed by atoms with E-state index >= 15 is 0 Å². The lowest BCUT2D eigenvalue weighted by Crippen LogP contribution is -2.27. The summed E-state index contributed by atoms with van der Waals surface area (Å²) in [4.78, 5) is 0.286. The molecule has 112 valence electrons. The Balaban J connectivity index is 2.30. The molecule has 0 aromatic heterocycles. The van der Waals surface area contributed by atoms with Crippen LogP contribution in [0.3, 0.4) is 0 Å². The fourth-order valence-electron chi connectivity index (χ4n) is 2.11. The first-order valence-electron chi connectivity index (χ1n) is 6.37. The maximum Gasteiger partial charge on any atom is 0.243 e. The summed E-state index contributed by atoms with van der Waals surface area (Å²) in [5.74, 6) is 0. The molecule has 0 unspecified atom stereocenters. The van der Waals surface area contributed by atoms with Gasteiger partial charge < -0.3 is 5.73 Å². The van der Waals surface area contributed by atoms with Crippen LogP contribution in [0.4, 0.5) is 5.69 Å². The smallest absolute Gasteiger partial charge is 0.243 e. The first-order valence-corrected chi connectivity index (χ1v) is 8.61. The molecule has 0 heterocycles. The minimum atomic E-state index is -3.53. The minimum Gasteiger partial charge on any atom is -0.399 e. The zero-order valence-electron chi connectivity index (χ0n) is 11.9. The molecular weight excluding hydrogens is 352 g/mol. The van der Waals surface area contributed by atoms with Gasteiger partial charge in [-0.3, -0.25) is 0 Å². The quantitative estimate of drug-likeness (QED) is 0.842. The number of nitrogens with two attached hydrogens (primary N) is 1. The molecule has 0 bridgehead atoms. The molecule has 0 radical (unpaired) electrons. The van der Waals surface area contributed by atoms with E-state index in [2.05, 4.69) is 15.9 Å². The molecule has 0 aliphatic heterocycles. The Morgan fingerprint density at radius 1 is 1.19 bits per heavy atom. The molecule has 0 saturated carbocycles. The number of hydrogen-bond acceptors (Lipinski definition) is 3. The molecule has 0 amide bonds. The van der Waals surface area contributed by atoms with Crippen LogP contribution in [0.2, 0.25) is 0 Å². The average molecular weight is 369 g/mol. The van der Waals surface area contributed by atoms with Crippen molar-refractivity contribution in [3.8, 4) is 0 Å². The van der Waals surface area contributed by atoms with E-state index in [1.54, 1.807) is 32.2 Å². The molecule has 21 heavy (non-hydrogen) atoms. The predicted octanol–water partition coefficient (Wildman–Crippen LogP) is 3.16. The van der Waals surface area contributed by atoms with Gasteiger partial charge in [0, 0.05) is 23.8 Å². The second kappa shape index (κ2) is 6.17. The molecule has 0 fully saturated rings. The van der Waals surface area contributed by atoms with Gasteiger partial charge in [0.15, 0.2) is 0 Å². The Kier molecular flexibility index (Phi) is 4.70. The van der Waals surface area contributed by atoms with Gasteiger partial charge in [0.25, 0.3) is 0 Å². The molecule has 0 aliphatic rings. The lowest BCUT2D eigenvalue weighted by molar-refractivity contribution is 0.466. The lowest BCUT2D eigenvalue weighted by atomic mass is 10.2. The number of aryl methyl sites for hydroxylation is 1. The summed E-state index contributed by atoms with van der Waals surface area (Å²) in [5.41, 5.74) is 7.80. The summed E-state index contributed by atoms with van der Waals surface area (Å²) in [5, 5.41) is 0. The standard InChI is InChI=1S/C15H17BrN2O2S/c1-11-8-14(17)6-7-15(11)21(19,20)18(2)10-12-4-3-5-13(16)9-12/h3-9H,10,17H2,1-2H3. The van der Waals surface area contributed by atoms with E-state index < -0.39 is 10.0 Å². The molecule has 2 aromatic carbocycles. The van der Waals surface area contributed by atoms with Gasteiger partial charge in [0.1, 0.15) is 0 Å². The zero-order valence-corrected chi connectivity index (χ0v) is 14.3. The maximum atomic E-state index is 12.6. The second-order valence-electron chi connectivity index (χ2n) is 4.92. The molecule has 6 heteroatoms. The van der Waals surface area contributed by atoms with Crippen LogP contribution in [-0.2, 0) is 16.6 Å². The van der Waals surface area contributed by atoms with Crippen LogP contribution in [-0.4, -0.2) is 19.8 Å². The summed E-state index contributed by atoms with van der Waals surface area (Å²) < 4.78 is 27.5. The Morgan fingerprint density at radius 2 is 1.90 bits per heavy atom. The van der Waals surface area contributed by atoms with E-state index in [-0.39, 0.29) is 4.90 Å². The predicted molar refractivity (Wildman–Crippen MR) is 88.4 cm³/mol. The van der Waals surface area contributed by atoms with Gasteiger partial charge in [0.05, 0.1) is 4.90 Å². The van der Waals surface area contributed by atoms with Gasteiger partial charge in [-0.05, 0) is 48.4 Å². The Hall–Kier alpha value is -1.37. The van der Waals surface area contributed by atoms with E-state index in [0.717, 1.165) is 10.0 Å². The largest absolute Gasteiger partial charge is 0.399 e. The van der Waals surface area contributed by atoms with E-state index in [0.29, 0.717) is 17.8 Å². The van der Waals surface area contributed by atoms with Crippen molar-refractivity contribution in [2.24, 2.45) is 0 Å². The molecular formula is C15H17BrN2O2S. The summed E-state index contributed by atoms with van der Waals surface area (Å²) in [6.45, 7) is 2.06. The van der Waals surface area contributed by atoms with Crippen molar-refractivity contribution in [3.05, 3.63) is 58.1 Å². The molecule has 0 saturated heterocycles. The highest BCUT2D eigenvalue weighted by Crippen LogP contribution is 2.23. The Morgan fingerprint density at radius 3 is 2.52 bits per heavy atom. The number of anilines is 1. The van der Waals surface area contributed by atoms with Crippen molar-refractivity contribution in [2.45, 2.75) is 18.4 Å². The van der Waals surface area contributed by atoms with Crippen LogP contribution in [0.25, 0.3) is 0 Å². The summed E-state index contributed by atoms with van der Waals surface area (Å²) in [6.07, 6.45) is 0. The van der Waals surface area contributed by atoms with Gasteiger partial charge in [-0.2, -0.15) is 4.31 Å². The molecule has 0 aliphatic carbocycles. The fourth-order valence-corrected chi connectivity index (χ4v) is 3.91. The van der Waals surface area contributed by atoms with E-state index in [9.17, 15) is 8.42 Å². The number of rotatable bonds is 4. The summed E-state index contributed by atoms with van der Waals surface area (Å²) >= 11 is 3.39. The number of halogens is 1. The van der Waals surface area contributed by atoms with Crippen LogP contribution in [0.5, 0.6) is 0 Å². The van der Waals surface area contributed by atoms with E-state index in [4.69, 9.17) is 5.73 Å². The summed E-state index contributed by atoms with van der Waals surface area (Å²) in [7, 11) is -1.96. The second-order valence-corrected chi connectivity index (χ2v) is 7.84. The Labute approximate surface area is 133 Å². The highest BCUT2D eigenvalue weighted by atomic mass is 79.9. The SMILES string of the molecule is Cc1cc(N)ccc1S(=O)(=O)N(C)Cc1cccc(Br)c1. The molecule has 0 atom stereocenters.